The lowest BCUT2D eigenvalue weighted by Gasteiger charge is -2.20. The fraction of sp³-hybridized carbons (Fsp3) is 0.467. The number of halogens is 2. The third-order valence-electron chi connectivity index (χ3n) is 3.80. The van der Waals surface area contributed by atoms with Crippen LogP contribution in [0.4, 0.5) is 0 Å². The van der Waals surface area contributed by atoms with Gasteiger partial charge in [0, 0.05) is 22.9 Å². The van der Waals surface area contributed by atoms with Crippen LogP contribution in [0.2, 0.25) is 10.0 Å². The highest BCUT2D eigenvalue weighted by Crippen LogP contribution is 2.23. The van der Waals surface area contributed by atoms with Crippen LogP contribution < -0.4 is 5.32 Å². The second-order valence-electron chi connectivity index (χ2n) is 5.41. The van der Waals surface area contributed by atoms with Crippen LogP contribution in [0.15, 0.2) is 22.7 Å². The van der Waals surface area contributed by atoms with Gasteiger partial charge in [0.1, 0.15) is 0 Å². The van der Waals surface area contributed by atoms with E-state index < -0.39 is 0 Å². The predicted molar refractivity (Wildman–Crippen MR) is 82.9 cm³/mol. The summed E-state index contributed by atoms with van der Waals surface area (Å²) in [5, 5.41) is 8.66. The molecule has 6 heteroatoms. The van der Waals surface area contributed by atoms with E-state index in [0.717, 1.165) is 31.0 Å². The van der Waals surface area contributed by atoms with E-state index in [2.05, 4.69) is 15.5 Å². The van der Waals surface area contributed by atoms with Gasteiger partial charge in [0.2, 0.25) is 5.89 Å². The van der Waals surface area contributed by atoms with E-state index in [1.807, 2.05) is 12.1 Å². The largest absolute Gasteiger partial charge is 0.339 e. The first-order valence-electron chi connectivity index (χ1n) is 7.17. The summed E-state index contributed by atoms with van der Waals surface area (Å²) in [4.78, 5) is 4.47. The molecule has 1 aromatic heterocycles. The fourth-order valence-corrected chi connectivity index (χ4v) is 3.09. The molecule has 4 nitrogen and oxygen atoms in total. The number of aromatic nitrogens is 2. The molecule has 1 saturated heterocycles. The van der Waals surface area contributed by atoms with E-state index >= 15 is 0 Å². The van der Waals surface area contributed by atoms with E-state index in [4.69, 9.17) is 27.7 Å². The highest BCUT2D eigenvalue weighted by Gasteiger charge is 2.17. The molecule has 3 rings (SSSR count). The van der Waals surface area contributed by atoms with Gasteiger partial charge < -0.3 is 9.84 Å². The molecule has 0 radical (unpaired) electrons. The normalized spacial score (nSPS) is 16.3. The Hall–Kier alpha value is -1.10. The third-order valence-corrected chi connectivity index (χ3v) is 4.38. The molecular weight excluding hydrogens is 309 g/mol. The van der Waals surface area contributed by atoms with Gasteiger partial charge in [-0.2, -0.15) is 4.98 Å². The summed E-state index contributed by atoms with van der Waals surface area (Å²) in [5.74, 6) is 2.03. The average Bonchev–Trinajstić information content (AvgIpc) is 2.90. The van der Waals surface area contributed by atoms with Crippen molar-refractivity contribution in [3.05, 3.63) is 45.5 Å². The first-order valence-corrected chi connectivity index (χ1v) is 7.92. The van der Waals surface area contributed by atoms with Gasteiger partial charge in [-0.25, -0.2) is 0 Å². The minimum Gasteiger partial charge on any atom is -0.339 e. The number of benzene rings is 1. The Balaban J connectivity index is 1.64. The monoisotopic (exact) mass is 325 g/mol. The molecule has 0 atom stereocenters. The molecule has 1 N–H and O–H groups in total. The molecule has 0 saturated carbocycles. The Kier molecular flexibility index (Phi) is 4.78. The van der Waals surface area contributed by atoms with E-state index in [1.54, 1.807) is 6.07 Å². The summed E-state index contributed by atoms with van der Waals surface area (Å²) < 4.78 is 5.35. The number of nitrogens with zero attached hydrogens (tertiary/aromatic N) is 2. The smallest absolute Gasteiger partial charge is 0.226 e. The zero-order valence-corrected chi connectivity index (χ0v) is 13.1. The predicted octanol–water partition coefficient (Wildman–Crippen LogP) is 3.51. The lowest BCUT2D eigenvalue weighted by molar-refractivity contribution is 0.312. The lowest BCUT2D eigenvalue weighted by Crippen LogP contribution is -2.28. The van der Waals surface area contributed by atoms with E-state index in [1.165, 1.54) is 12.8 Å². The quantitative estimate of drug-likeness (QED) is 0.934. The maximum atomic E-state index is 6.16. The number of piperidine rings is 1. The second-order valence-corrected chi connectivity index (χ2v) is 6.26. The molecule has 0 spiro atoms. The Morgan fingerprint density at radius 1 is 1.24 bits per heavy atom. The van der Waals surface area contributed by atoms with Crippen LogP contribution in [-0.2, 0) is 12.8 Å². The van der Waals surface area contributed by atoms with Gasteiger partial charge in [-0.05, 0) is 49.5 Å². The van der Waals surface area contributed by atoms with Crippen molar-refractivity contribution in [2.75, 3.05) is 13.1 Å². The Morgan fingerprint density at radius 2 is 2.05 bits per heavy atom. The average molecular weight is 326 g/mol. The number of hydrogen-bond acceptors (Lipinski definition) is 4. The van der Waals surface area contributed by atoms with Crippen molar-refractivity contribution in [1.29, 1.82) is 0 Å². The summed E-state index contributed by atoms with van der Waals surface area (Å²) in [6, 6.07) is 5.45. The van der Waals surface area contributed by atoms with Gasteiger partial charge in [-0.1, -0.05) is 34.4 Å². The highest BCUT2D eigenvalue weighted by atomic mass is 35.5. The SMILES string of the molecule is Clc1ccc(Cc2noc(CC3CCNCC3)n2)c(Cl)c1. The van der Waals surface area contributed by atoms with Crippen LogP contribution in [0.25, 0.3) is 0 Å². The highest BCUT2D eigenvalue weighted by molar-refractivity contribution is 6.35. The van der Waals surface area contributed by atoms with Crippen LogP contribution in [0.3, 0.4) is 0 Å². The minimum absolute atomic E-state index is 0.561. The zero-order chi connectivity index (χ0) is 14.7. The minimum atomic E-state index is 0.561. The summed E-state index contributed by atoms with van der Waals surface area (Å²) in [6.45, 7) is 2.15. The maximum absolute atomic E-state index is 6.16. The summed E-state index contributed by atoms with van der Waals surface area (Å²) in [7, 11) is 0. The first-order chi connectivity index (χ1) is 10.2. The van der Waals surface area contributed by atoms with Gasteiger partial charge in [0.25, 0.3) is 0 Å². The molecule has 2 aromatic rings. The van der Waals surface area contributed by atoms with E-state index in [9.17, 15) is 0 Å². The topological polar surface area (TPSA) is 51.0 Å². The van der Waals surface area contributed by atoms with Crippen molar-refractivity contribution in [2.24, 2.45) is 5.92 Å². The molecule has 1 aliphatic rings. The van der Waals surface area contributed by atoms with Crippen molar-refractivity contribution in [3.63, 3.8) is 0 Å². The third kappa shape index (κ3) is 3.96. The molecule has 2 heterocycles. The standard InChI is InChI=1S/C15H17Cl2N3O/c16-12-2-1-11(13(17)9-12)8-14-19-15(21-20-14)7-10-3-5-18-6-4-10/h1-2,9-10,18H,3-8H2. The Bertz CT molecular complexity index is 609. The molecule has 1 aromatic carbocycles. The summed E-state index contributed by atoms with van der Waals surface area (Å²) in [5.41, 5.74) is 0.954. The van der Waals surface area contributed by atoms with Crippen molar-refractivity contribution >= 4 is 23.2 Å². The van der Waals surface area contributed by atoms with Crippen LogP contribution >= 0.6 is 23.2 Å². The first kappa shape index (κ1) is 14.8. The van der Waals surface area contributed by atoms with Crippen LogP contribution in [-0.4, -0.2) is 23.2 Å². The molecule has 1 aliphatic heterocycles. The van der Waals surface area contributed by atoms with Crippen molar-refractivity contribution < 1.29 is 4.52 Å². The zero-order valence-electron chi connectivity index (χ0n) is 11.6. The summed E-state index contributed by atoms with van der Waals surface area (Å²) >= 11 is 12.1. The fourth-order valence-electron chi connectivity index (χ4n) is 2.61. The van der Waals surface area contributed by atoms with Gasteiger partial charge in [0.15, 0.2) is 5.82 Å². The summed E-state index contributed by atoms with van der Waals surface area (Å²) in [6.07, 6.45) is 3.76. The molecular formula is C15H17Cl2N3O. The van der Waals surface area contributed by atoms with E-state index in [0.29, 0.717) is 28.2 Å². The van der Waals surface area contributed by atoms with Crippen molar-refractivity contribution in [1.82, 2.24) is 15.5 Å². The maximum Gasteiger partial charge on any atom is 0.226 e. The van der Waals surface area contributed by atoms with Gasteiger partial charge in [-0.15, -0.1) is 0 Å². The Morgan fingerprint density at radius 3 is 2.81 bits per heavy atom. The van der Waals surface area contributed by atoms with Gasteiger partial charge in [0.05, 0.1) is 0 Å². The molecule has 112 valence electrons. The molecule has 21 heavy (non-hydrogen) atoms. The molecule has 0 aliphatic carbocycles. The molecule has 0 unspecified atom stereocenters. The number of hydrogen-bond donors (Lipinski definition) is 1. The van der Waals surface area contributed by atoms with Crippen molar-refractivity contribution in [3.8, 4) is 0 Å². The number of nitrogens with one attached hydrogen (secondary N) is 1. The lowest BCUT2D eigenvalue weighted by atomic mass is 9.95. The van der Waals surface area contributed by atoms with Crippen LogP contribution in [0.1, 0.15) is 30.1 Å². The van der Waals surface area contributed by atoms with Gasteiger partial charge in [-0.3, -0.25) is 0 Å². The molecule has 0 bridgehead atoms. The van der Waals surface area contributed by atoms with Crippen molar-refractivity contribution in [2.45, 2.75) is 25.7 Å². The van der Waals surface area contributed by atoms with E-state index in [-0.39, 0.29) is 0 Å². The van der Waals surface area contributed by atoms with Crippen LogP contribution in [0, 0.1) is 5.92 Å². The second kappa shape index (κ2) is 6.77. The molecule has 1 fully saturated rings. The van der Waals surface area contributed by atoms with Crippen LogP contribution in [0.5, 0.6) is 0 Å². The van der Waals surface area contributed by atoms with Gasteiger partial charge >= 0.3 is 0 Å². The molecule has 0 amide bonds. The Labute approximate surface area is 133 Å². The number of rotatable bonds is 4.